The van der Waals surface area contributed by atoms with Crippen molar-refractivity contribution in [1.29, 1.82) is 0 Å². The van der Waals surface area contributed by atoms with E-state index >= 15 is 0 Å². The van der Waals surface area contributed by atoms with Gasteiger partial charge in [0.2, 0.25) is 5.91 Å². The minimum atomic E-state index is -2.61. The predicted octanol–water partition coefficient (Wildman–Crippen LogP) is 3.93. The Balaban J connectivity index is 1.97. The van der Waals surface area contributed by atoms with Gasteiger partial charge in [0.1, 0.15) is 12.4 Å². The molecule has 8 heteroatoms. The molecule has 132 valence electrons. The van der Waals surface area contributed by atoms with Crippen molar-refractivity contribution in [3.63, 3.8) is 0 Å². The molecular weight excluding hydrogens is 332 g/mol. The summed E-state index contributed by atoms with van der Waals surface area (Å²) in [7, 11) is 0. The van der Waals surface area contributed by atoms with Crippen LogP contribution >= 0.6 is 0 Å². The Morgan fingerprint density at radius 3 is 2.16 bits per heavy atom. The van der Waals surface area contributed by atoms with Crippen LogP contribution in [0, 0.1) is 0 Å². The summed E-state index contributed by atoms with van der Waals surface area (Å²) in [5.74, 6) is -0.0437. The second kappa shape index (κ2) is 8.62. The number of halogens is 2. The average molecular weight is 349 g/mol. The predicted molar refractivity (Wildman–Crippen MR) is 91.3 cm³/mol. The molecule has 2 rings (SSSR count). The van der Waals surface area contributed by atoms with Crippen LogP contribution in [0.4, 0.5) is 30.6 Å². The maximum Gasteiger partial charge on any atom is 0.323 e. The molecular formula is C17H17F2N3O3. The van der Waals surface area contributed by atoms with Gasteiger partial charge in [-0.25, -0.2) is 13.6 Å². The molecule has 0 aliphatic heterocycles. The molecule has 0 aliphatic rings. The lowest BCUT2D eigenvalue weighted by molar-refractivity contribution is -0.114. The SMILES string of the molecule is CC(=O)Nc1ccc(NC(=O)Nc2ccccc2OCC(F)F)cc1. The first kappa shape index (κ1) is 18.2. The van der Waals surface area contributed by atoms with E-state index < -0.39 is 19.1 Å². The minimum absolute atomic E-state index is 0.152. The molecule has 0 radical (unpaired) electrons. The summed E-state index contributed by atoms with van der Waals surface area (Å²) in [5.41, 5.74) is 1.37. The van der Waals surface area contributed by atoms with Crippen LogP contribution in [-0.2, 0) is 4.79 Å². The zero-order valence-electron chi connectivity index (χ0n) is 13.4. The second-order valence-electron chi connectivity index (χ2n) is 5.04. The van der Waals surface area contributed by atoms with Crippen molar-refractivity contribution in [2.75, 3.05) is 22.6 Å². The summed E-state index contributed by atoms with van der Waals surface area (Å²) in [6.07, 6.45) is -2.61. The van der Waals surface area contributed by atoms with Gasteiger partial charge in [-0.05, 0) is 36.4 Å². The summed E-state index contributed by atoms with van der Waals surface area (Å²) in [6, 6.07) is 12.2. The van der Waals surface area contributed by atoms with Gasteiger partial charge in [0.05, 0.1) is 5.69 Å². The topological polar surface area (TPSA) is 79.5 Å². The molecule has 0 saturated carbocycles. The molecule has 0 unspecified atom stereocenters. The van der Waals surface area contributed by atoms with Gasteiger partial charge in [-0.15, -0.1) is 0 Å². The Hall–Kier alpha value is -3.16. The number of ether oxygens (including phenoxy) is 1. The number of alkyl halides is 2. The number of hydrogen-bond acceptors (Lipinski definition) is 3. The molecule has 3 N–H and O–H groups in total. The monoisotopic (exact) mass is 349 g/mol. The van der Waals surface area contributed by atoms with E-state index in [1.54, 1.807) is 42.5 Å². The van der Waals surface area contributed by atoms with Crippen LogP contribution in [0.5, 0.6) is 5.75 Å². The number of carbonyl (C=O) groups is 2. The maximum absolute atomic E-state index is 12.3. The highest BCUT2D eigenvalue weighted by Crippen LogP contribution is 2.24. The van der Waals surface area contributed by atoms with Gasteiger partial charge >= 0.3 is 6.03 Å². The highest BCUT2D eigenvalue weighted by Gasteiger charge is 2.10. The first-order chi connectivity index (χ1) is 11.9. The number of amides is 3. The third kappa shape index (κ3) is 6.09. The van der Waals surface area contributed by atoms with Gasteiger partial charge in [-0.2, -0.15) is 0 Å². The van der Waals surface area contributed by atoms with Crippen molar-refractivity contribution in [3.05, 3.63) is 48.5 Å². The fourth-order valence-corrected chi connectivity index (χ4v) is 1.97. The van der Waals surface area contributed by atoms with Crippen molar-refractivity contribution in [1.82, 2.24) is 0 Å². The molecule has 0 heterocycles. The van der Waals surface area contributed by atoms with Crippen molar-refractivity contribution >= 4 is 29.0 Å². The molecule has 0 atom stereocenters. The van der Waals surface area contributed by atoms with E-state index in [1.807, 2.05) is 0 Å². The number of nitrogens with one attached hydrogen (secondary N) is 3. The van der Waals surface area contributed by atoms with E-state index in [9.17, 15) is 18.4 Å². The minimum Gasteiger partial charge on any atom is -0.485 e. The fraction of sp³-hybridized carbons (Fsp3) is 0.176. The largest absolute Gasteiger partial charge is 0.485 e. The Labute approximate surface area is 143 Å². The lowest BCUT2D eigenvalue weighted by atomic mass is 10.2. The molecule has 0 bridgehead atoms. The summed E-state index contributed by atoms with van der Waals surface area (Å²) >= 11 is 0. The normalized spacial score (nSPS) is 10.2. The van der Waals surface area contributed by atoms with E-state index in [0.29, 0.717) is 11.4 Å². The zero-order chi connectivity index (χ0) is 18.2. The summed E-state index contributed by atoms with van der Waals surface area (Å²) in [4.78, 5) is 23.0. The molecule has 0 aliphatic carbocycles. The second-order valence-corrected chi connectivity index (χ2v) is 5.04. The molecule has 0 aromatic heterocycles. The van der Waals surface area contributed by atoms with Gasteiger partial charge in [0.25, 0.3) is 6.43 Å². The van der Waals surface area contributed by atoms with E-state index in [0.717, 1.165) is 0 Å². The number of hydrogen-bond donors (Lipinski definition) is 3. The quantitative estimate of drug-likeness (QED) is 0.739. The lowest BCUT2D eigenvalue weighted by Gasteiger charge is -2.13. The molecule has 0 saturated heterocycles. The number of benzene rings is 2. The molecule has 6 nitrogen and oxygen atoms in total. The summed E-state index contributed by atoms with van der Waals surface area (Å²) < 4.78 is 29.5. The molecule has 2 aromatic rings. The van der Waals surface area contributed by atoms with Crippen molar-refractivity contribution in [2.24, 2.45) is 0 Å². The highest BCUT2D eigenvalue weighted by molar-refractivity contribution is 6.00. The molecule has 0 fully saturated rings. The summed E-state index contributed by atoms with van der Waals surface area (Å²) in [5, 5.41) is 7.75. The first-order valence-corrected chi connectivity index (χ1v) is 7.39. The van der Waals surface area contributed by atoms with Gasteiger partial charge in [-0.3, -0.25) is 4.79 Å². The first-order valence-electron chi connectivity index (χ1n) is 7.39. The van der Waals surface area contributed by atoms with Crippen molar-refractivity contribution < 1.29 is 23.1 Å². The van der Waals surface area contributed by atoms with Gasteiger partial charge in [-0.1, -0.05) is 12.1 Å². The van der Waals surface area contributed by atoms with Gasteiger partial charge in [0, 0.05) is 18.3 Å². The van der Waals surface area contributed by atoms with E-state index in [2.05, 4.69) is 16.0 Å². The Morgan fingerprint density at radius 1 is 0.960 bits per heavy atom. The molecule has 25 heavy (non-hydrogen) atoms. The third-order valence-corrected chi connectivity index (χ3v) is 2.96. The van der Waals surface area contributed by atoms with Crippen LogP contribution < -0.4 is 20.7 Å². The lowest BCUT2D eigenvalue weighted by Crippen LogP contribution is -2.20. The van der Waals surface area contributed by atoms with E-state index in [1.165, 1.54) is 13.0 Å². The van der Waals surface area contributed by atoms with Crippen LogP contribution in [0.2, 0.25) is 0 Å². The Kier molecular flexibility index (Phi) is 6.27. The fourth-order valence-electron chi connectivity index (χ4n) is 1.97. The van der Waals surface area contributed by atoms with Crippen LogP contribution in [-0.4, -0.2) is 25.0 Å². The maximum atomic E-state index is 12.3. The van der Waals surface area contributed by atoms with Gasteiger partial charge in [0.15, 0.2) is 0 Å². The van der Waals surface area contributed by atoms with Crippen LogP contribution in [0.15, 0.2) is 48.5 Å². The van der Waals surface area contributed by atoms with Crippen molar-refractivity contribution in [3.8, 4) is 5.75 Å². The smallest absolute Gasteiger partial charge is 0.323 e. The summed E-state index contributed by atoms with van der Waals surface area (Å²) in [6.45, 7) is 0.637. The molecule has 0 spiro atoms. The van der Waals surface area contributed by atoms with E-state index in [4.69, 9.17) is 4.74 Å². The van der Waals surface area contributed by atoms with Crippen LogP contribution in [0.3, 0.4) is 0 Å². The van der Waals surface area contributed by atoms with Gasteiger partial charge < -0.3 is 20.7 Å². The Bertz CT molecular complexity index is 736. The highest BCUT2D eigenvalue weighted by atomic mass is 19.3. The number of anilines is 3. The number of rotatable bonds is 6. The van der Waals surface area contributed by atoms with Crippen LogP contribution in [0.1, 0.15) is 6.92 Å². The number of carbonyl (C=O) groups excluding carboxylic acids is 2. The molecule has 3 amide bonds. The van der Waals surface area contributed by atoms with Crippen LogP contribution in [0.25, 0.3) is 0 Å². The zero-order valence-corrected chi connectivity index (χ0v) is 13.4. The average Bonchev–Trinajstić information content (AvgIpc) is 2.55. The number of para-hydroxylation sites is 2. The van der Waals surface area contributed by atoms with Crippen molar-refractivity contribution in [2.45, 2.75) is 13.3 Å². The Morgan fingerprint density at radius 2 is 1.56 bits per heavy atom. The third-order valence-electron chi connectivity index (χ3n) is 2.96. The number of urea groups is 1. The molecule has 2 aromatic carbocycles. The van der Waals surface area contributed by atoms with E-state index in [-0.39, 0.29) is 17.3 Å². The standard InChI is InChI=1S/C17H17F2N3O3/c1-11(23)20-12-6-8-13(9-7-12)21-17(24)22-14-4-2-3-5-15(14)25-10-16(18)19/h2-9,16H,10H2,1H3,(H,20,23)(H2,21,22,24).